The van der Waals surface area contributed by atoms with Crippen LogP contribution in [0.15, 0.2) is 36.4 Å². The van der Waals surface area contributed by atoms with Crippen LogP contribution in [0.5, 0.6) is 0 Å². The van der Waals surface area contributed by atoms with Crippen LogP contribution >= 0.6 is 11.3 Å². The molecule has 3 aromatic rings. The van der Waals surface area contributed by atoms with Crippen molar-refractivity contribution in [3.63, 3.8) is 0 Å². The van der Waals surface area contributed by atoms with Gasteiger partial charge < -0.3 is 4.90 Å². The van der Waals surface area contributed by atoms with Gasteiger partial charge in [0.05, 0.1) is 42.0 Å². The van der Waals surface area contributed by atoms with Crippen molar-refractivity contribution in [1.29, 1.82) is 0 Å². The molecule has 0 saturated carbocycles. The summed E-state index contributed by atoms with van der Waals surface area (Å²) in [5, 5.41) is 0.625. The third kappa shape index (κ3) is 4.23. The molecule has 0 aliphatic rings. The van der Waals surface area contributed by atoms with Crippen molar-refractivity contribution >= 4 is 32.6 Å². The molecule has 0 spiro atoms. The number of thiazole rings is 1. The average Bonchev–Trinajstić information content (AvgIpc) is 3.08. The van der Waals surface area contributed by atoms with Crippen molar-refractivity contribution in [3.05, 3.63) is 58.9 Å². The van der Waals surface area contributed by atoms with Crippen LogP contribution in [0.4, 0.5) is 9.52 Å². The molecule has 0 atom stereocenters. The highest BCUT2D eigenvalue weighted by Crippen LogP contribution is 2.31. The molecule has 0 radical (unpaired) electrons. The normalized spacial score (nSPS) is 11.4. The molecular formula is C22H27FN3OS+. The number of quaternary nitrogens is 1. The third-order valence-corrected chi connectivity index (χ3v) is 6.30. The molecule has 0 aliphatic heterocycles. The van der Waals surface area contributed by atoms with Crippen LogP contribution in [0.1, 0.15) is 35.3 Å². The number of benzene rings is 2. The number of aromatic nitrogens is 1. The first-order chi connectivity index (χ1) is 13.4. The van der Waals surface area contributed by atoms with Gasteiger partial charge in [0.2, 0.25) is 0 Å². The summed E-state index contributed by atoms with van der Waals surface area (Å²) in [5.41, 5.74) is 3.33. The minimum Gasteiger partial charge on any atom is -0.334 e. The molecule has 0 fully saturated rings. The monoisotopic (exact) mass is 400 g/mol. The summed E-state index contributed by atoms with van der Waals surface area (Å²) in [6.45, 7) is 11.6. The van der Waals surface area contributed by atoms with Gasteiger partial charge in [-0.2, -0.15) is 0 Å². The summed E-state index contributed by atoms with van der Waals surface area (Å²) in [7, 11) is 0. The number of aryl methyl sites for hydroxylation is 2. The van der Waals surface area contributed by atoms with Crippen LogP contribution in [0.3, 0.4) is 0 Å². The van der Waals surface area contributed by atoms with Crippen molar-refractivity contribution in [1.82, 2.24) is 4.98 Å². The lowest BCUT2D eigenvalue weighted by molar-refractivity contribution is -0.894. The van der Waals surface area contributed by atoms with E-state index in [0.29, 0.717) is 11.7 Å². The van der Waals surface area contributed by atoms with Gasteiger partial charge in [-0.15, -0.1) is 0 Å². The van der Waals surface area contributed by atoms with Gasteiger partial charge >= 0.3 is 0 Å². The molecule has 0 saturated heterocycles. The molecule has 3 rings (SSSR count). The number of likely N-dealkylation sites (N-methyl/N-ethyl adjacent to an activating group) is 1. The van der Waals surface area contributed by atoms with Crippen molar-refractivity contribution in [2.75, 3.05) is 31.1 Å². The molecule has 2 aromatic carbocycles. The number of halogens is 1. The van der Waals surface area contributed by atoms with Crippen LogP contribution in [-0.2, 0) is 0 Å². The average molecular weight is 401 g/mol. The predicted octanol–water partition coefficient (Wildman–Crippen LogP) is 3.62. The lowest BCUT2D eigenvalue weighted by Gasteiger charge is -2.23. The van der Waals surface area contributed by atoms with Crippen LogP contribution in [0, 0.1) is 19.7 Å². The Morgan fingerprint density at radius 1 is 1.14 bits per heavy atom. The van der Waals surface area contributed by atoms with Gasteiger partial charge in [-0.3, -0.25) is 9.69 Å². The molecule has 1 heterocycles. The lowest BCUT2D eigenvalue weighted by atomic mass is 10.1. The summed E-state index contributed by atoms with van der Waals surface area (Å²) in [5.74, 6) is -0.836. The quantitative estimate of drug-likeness (QED) is 0.658. The molecule has 148 valence electrons. The Bertz CT molecular complexity index is 942. The minimum atomic E-state index is -0.500. The van der Waals surface area contributed by atoms with E-state index in [0.717, 1.165) is 29.9 Å². The largest absolute Gasteiger partial charge is 0.334 e. The van der Waals surface area contributed by atoms with E-state index < -0.39 is 5.82 Å². The molecule has 0 bridgehead atoms. The Morgan fingerprint density at radius 2 is 1.82 bits per heavy atom. The molecule has 28 heavy (non-hydrogen) atoms. The second-order valence-electron chi connectivity index (χ2n) is 7.04. The highest BCUT2D eigenvalue weighted by molar-refractivity contribution is 7.22. The van der Waals surface area contributed by atoms with Gasteiger partial charge in [0, 0.05) is 0 Å². The van der Waals surface area contributed by atoms with Gasteiger partial charge in [0.25, 0.3) is 5.91 Å². The second-order valence-corrected chi connectivity index (χ2v) is 8.05. The highest BCUT2D eigenvalue weighted by Gasteiger charge is 2.25. The zero-order valence-electron chi connectivity index (χ0n) is 16.9. The fraction of sp³-hybridized carbons (Fsp3) is 0.364. The fourth-order valence-electron chi connectivity index (χ4n) is 3.22. The maximum atomic E-state index is 14.3. The number of anilines is 1. The molecule has 1 amide bonds. The maximum Gasteiger partial charge on any atom is 0.263 e. The van der Waals surface area contributed by atoms with E-state index >= 15 is 0 Å². The van der Waals surface area contributed by atoms with Crippen molar-refractivity contribution < 1.29 is 14.1 Å². The topological polar surface area (TPSA) is 37.6 Å². The Balaban J connectivity index is 2.00. The highest BCUT2D eigenvalue weighted by atomic mass is 32.1. The Kier molecular flexibility index (Phi) is 6.42. The van der Waals surface area contributed by atoms with Gasteiger partial charge in [0.15, 0.2) is 5.13 Å². The van der Waals surface area contributed by atoms with Gasteiger partial charge in [-0.1, -0.05) is 23.5 Å². The first kappa shape index (κ1) is 20.4. The molecule has 0 aliphatic carbocycles. The van der Waals surface area contributed by atoms with Gasteiger partial charge in [-0.05, 0) is 63.1 Å². The zero-order valence-corrected chi connectivity index (χ0v) is 17.7. The molecule has 0 unspecified atom stereocenters. The predicted molar refractivity (Wildman–Crippen MR) is 114 cm³/mol. The first-order valence-electron chi connectivity index (χ1n) is 9.72. The first-order valence-corrected chi connectivity index (χ1v) is 10.5. The van der Waals surface area contributed by atoms with Crippen LogP contribution in [0.2, 0.25) is 0 Å². The number of carbonyl (C=O) groups is 1. The van der Waals surface area contributed by atoms with E-state index in [9.17, 15) is 9.18 Å². The van der Waals surface area contributed by atoms with E-state index in [1.807, 2.05) is 6.07 Å². The van der Waals surface area contributed by atoms with Crippen LogP contribution in [0.25, 0.3) is 10.2 Å². The summed E-state index contributed by atoms with van der Waals surface area (Å²) < 4.78 is 15.3. The number of amides is 1. The van der Waals surface area contributed by atoms with E-state index in [-0.39, 0.29) is 11.5 Å². The van der Waals surface area contributed by atoms with Crippen molar-refractivity contribution in [3.8, 4) is 0 Å². The van der Waals surface area contributed by atoms with E-state index in [2.05, 4.69) is 33.8 Å². The SMILES string of the molecule is CC[NH+](CC)CCN(C(=O)c1ccccc1F)c1nc2cc(C)c(C)cc2s1. The summed E-state index contributed by atoms with van der Waals surface area (Å²) in [6, 6.07) is 10.3. The number of fused-ring (bicyclic) bond motifs is 1. The van der Waals surface area contributed by atoms with Gasteiger partial charge in [0.1, 0.15) is 5.82 Å². The number of nitrogens with one attached hydrogen (secondary N) is 1. The molecule has 1 aromatic heterocycles. The number of carbonyl (C=O) groups excluding carboxylic acids is 1. The van der Waals surface area contributed by atoms with E-state index in [1.54, 1.807) is 17.0 Å². The van der Waals surface area contributed by atoms with Crippen LogP contribution < -0.4 is 9.80 Å². The second kappa shape index (κ2) is 8.80. The van der Waals surface area contributed by atoms with E-state index in [4.69, 9.17) is 4.98 Å². The zero-order chi connectivity index (χ0) is 20.3. The van der Waals surface area contributed by atoms with E-state index in [1.165, 1.54) is 39.5 Å². The van der Waals surface area contributed by atoms with Crippen LogP contribution in [-0.4, -0.2) is 37.1 Å². The van der Waals surface area contributed by atoms with Gasteiger partial charge in [-0.25, -0.2) is 9.37 Å². The molecule has 6 heteroatoms. The smallest absolute Gasteiger partial charge is 0.263 e. The summed E-state index contributed by atoms with van der Waals surface area (Å²) in [6.07, 6.45) is 0. The summed E-state index contributed by atoms with van der Waals surface area (Å²) >= 11 is 1.49. The minimum absolute atomic E-state index is 0.0867. The Labute approximate surface area is 169 Å². The lowest BCUT2D eigenvalue weighted by Crippen LogP contribution is -3.12. The molecular weight excluding hydrogens is 373 g/mol. The number of hydrogen-bond donors (Lipinski definition) is 1. The summed E-state index contributed by atoms with van der Waals surface area (Å²) in [4.78, 5) is 20.9. The third-order valence-electron chi connectivity index (χ3n) is 5.26. The van der Waals surface area contributed by atoms with Crippen molar-refractivity contribution in [2.45, 2.75) is 27.7 Å². The fourth-order valence-corrected chi connectivity index (χ4v) is 4.29. The Hall–Kier alpha value is -2.31. The standard InChI is InChI=1S/C22H26FN3OS/c1-5-25(6-2)11-12-26(21(27)17-9-7-8-10-18(17)23)22-24-19-13-15(3)16(4)14-20(19)28-22/h7-10,13-14H,5-6,11-12H2,1-4H3/p+1. The maximum absolute atomic E-state index is 14.3. The molecule has 1 N–H and O–H groups in total. The number of nitrogens with zero attached hydrogens (tertiary/aromatic N) is 2. The Morgan fingerprint density at radius 3 is 2.50 bits per heavy atom. The number of hydrogen-bond acceptors (Lipinski definition) is 3. The number of rotatable bonds is 7. The van der Waals surface area contributed by atoms with Crippen molar-refractivity contribution in [2.24, 2.45) is 0 Å². The molecule has 4 nitrogen and oxygen atoms in total.